The van der Waals surface area contributed by atoms with E-state index in [2.05, 4.69) is 11.8 Å². The average Bonchev–Trinajstić information content (AvgIpc) is 0.710. The highest BCUT2D eigenvalue weighted by molar-refractivity contribution is 6.35. The fourth-order valence-electron chi connectivity index (χ4n) is 14.0. The van der Waals surface area contributed by atoms with Crippen molar-refractivity contribution in [1.82, 2.24) is 43.8 Å². The Balaban J connectivity index is 0.000000202. The number of aromatic nitrogens is 6. The molecule has 0 bridgehead atoms. The number of hydrogen-bond acceptors (Lipinski definition) is 16. The first-order valence-electron chi connectivity index (χ1n) is 33.5. The molecule has 0 N–H and O–H groups in total. The van der Waals surface area contributed by atoms with Gasteiger partial charge in [0.15, 0.2) is 11.3 Å². The van der Waals surface area contributed by atoms with Gasteiger partial charge in [0.05, 0.1) is 87.5 Å². The number of piperazine rings is 1. The Morgan fingerprint density at radius 1 is 0.616 bits per heavy atom. The number of anilines is 4. The Morgan fingerprint density at radius 2 is 1.05 bits per heavy atom. The van der Waals surface area contributed by atoms with E-state index in [0.29, 0.717) is 94.8 Å². The van der Waals surface area contributed by atoms with Gasteiger partial charge >= 0.3 is 6.09 Å². The van der Waals surface area contributed by atoms with Crippen LogP contribution in [0.25, 0.3) is 56.0 Å². The lowest BCUT2D eigenvalue weighted by Gasteiger charge is -2.50. The molecule has 524 valence electrons. The van der Waals surface area contributed by atoms with Crippen molar-refractivity contribution in [1.29, 1.82) is 0 Å². The molecule has 3 amide bonds. The predicted octanol–water partition coefficient (Wildman–Crippen LogP) is 12.6. The average molecular weight is 1400 g/mol. The van der Waals surface area contributed by atoms with Gasteiger partial charge in [-0.3, -0.25) is 38.3 Å². The number of pyridine rings is 6. The van der Waals surface area contributed by atoms with Gasteiger partial charge in [-0.25, -0.2) is 23.5 Å². The van der Waals surface area contributed by atoms with Gasteiger partial charge in [-0.15, -0.1) is 0 Å². The van der Waals surface area contributed by atoms with E-state index in [1.807, 2.05) is 103 Å². The SMILES string of the molecule is COc1cccc(F)c1-c1nc2c(cc1Cl)c1c(c(=O)n2-c2c(C)ccnc2C(C)C)N(CCN(C)C)C(=O)[C@H]2CC[C@H](C)CN12.COc1cccc(F)c1-c1nc2c(cc1Cl)c1c(c(=O)n2-c2c(C)ccnc2C(C)C)N(CCN(C)C)C(=O)[C@H]2CN(C(=O)OC(C)(C)C)[C@H](C)CN12. The van der Waals surface area contributed by atoms with Crippen LogP contribution in [-0.2, 0) is 14.3 Å². The number of nitrogens with zero attached hydrogens (tertiary/aromatic N) is 13. The minimum atomic E-state index is -0.844. The minimum Gasteiger partial charge on any atom is -0.496 e. The van der Waals surface area contributed by atoms with E-state index in [4.69, 9.17) is 57.3 Å². The second kappa shape index (κ2) is 28.1. The number of likely N-dealkylation sites (N-methyl/N-ethyl adjacent to an activating group) is 2. The molecule has 12 rings (SSSR count). The largest absolute Gasteiger partial charge is 0.496 e. The number of methoxy groups -OCH3 is 2. The highest BCUT2D eigenvalue weighted by Gasteiger charge is 2.49. The molecule has 0 unspecified atom stereocenters. The molecule has 0 aliphatic carbocycles. The molecular weight excluding hydrogens is 1310 g/mol. The summed E-state index contributed by atoms with van der Waals surface area (Å²) in [6.07, 6.45) is 4.48. The van der Waals surface area contributed by atoms with Crippen LogP contribution in [0.1, 0.15) is 110 Å². The fraction of sp³-hybridized carbons (Fsp3) is 0.446. The third-order valence-corrected chi connectivity index (χ3v) is 19.3. The molecule has 4 atom stereocenters. The molecule has 25 heteroatoms. The number of piperidine rings is 1. The first-order valence-corrected chi connectivity index (χ1v) is 34.3. The Hall–Kier alpha value is -8.77. The van der Waals surface area contributed by atoms with Crippen molar-refractivity contribution >= 4 is 85.9 Å². The third-order valence-electron chi connectivity index (χ3n) is 18.8. The molecule has 0 radical (unpaired) electrons. The van der Waals surface area contributed by atoms with Gasteiger partial charge in [-0.1, -0.05) is 70.0 Å². The van der Waals surface area contributed by atoms with E-state index in [1.54, 1.807) is 77.9 Å². The Kier molecular flexibility index (Phi) is 20.3. The quantitative estimate of drug-likeness (QED) is 0.0995. The lowest BCUT2D eigenvalue weighted by Crippen LogP contribution is -2.67. The van der Waals surface area contributed by atoms with Crippen molar-refractivity contribution in [3.05, 3.63) is 138 Å². The number of fused-ring (bicyclic) bond motifs is 10. The second-order valence-electron chi connectivity index (χ2n) is 28.3. The summed E-state index contributed by atoms with van der Waals surface area (Å²) >= 11 is 14.1. The van der Waals surface area contributed by atoms with Gasteiger partial charge in [-0.2, -0.15) is 0 Å². The monoisotopic (exact) mass is 1390 g/mol. The van der Waals surface area contributed by atoms with Crippen molar-refractivity contribution in [2.24, 2.45) is 5.92 Å². The summed E-state index contributed by atoms with van der Waals surface area (Å²) < 4.78 is 51.0. The predicted molar refractivity (Wildman–Crippen MR) is 387 cm³/mol. The maximum Gasteiger partial charge on any atom is 0.410 e. The minimum absolute atomic E-state index is 0.0300. The number of ether oxygens (including phenoxy) is 3. The van der Waals surface area contributed by atoms with Gasteiger partial charge in [-0.05, 0) is 160 Å². The van der Waals surface area contributed by atoms with Crippen molar-refractivity contribution in [2.75, 3.05) is 108 Å². The van der Waals surface area contributed by atoms with Gasteiger partial charge in [0.2, 0.25) is 5.91 Å². The number of benzene rings is 2. The maximum absolute atomic E-state index is 15.7. The van der Waals surface area contributed by atoms with E-state index in [9.17, 15) is 14.4 Å². The molecule has 2 fully saturated rings. The lowest BCUT2D eigenvalue weighted by atomic mass is 9.90. The fourth-order valence-corrected chi connectivity index (χ4v) is 14.5. The zero-order valence-electron chi connectivity index (χ0n) is 59.3. The van der Waals surface area contributed by atoms with E-state index < -0.39 is 47.0 Å². The zero-order chi connectivity index (χ0) is 71.7. The number of carbonyl (C=O) groups is 3. The molecule has 4 aliphatic rings. The standard InChI is InChI=1S/C39H47ClFN7O5.C35H40ClFN6O3/c1-21(2)30-32(22(3)14-15-42-30)48-35-24(18-25(40)31(43-35)29-26(41)12-11-13-28(29)52-10)33-34(37(48)50)45(17-16-44(8)9)36(49)27-20-46(23(4)19-47(27)33)38(51)53-39(5,6)7;1-19(2)28-30(21(4)13-14-38-28)43-33-22(17-23(36)29(39-33)27-24(37)9-8-10-26(27)46-7)31-32(35(43)45)41(16-15-40(5)6)34(44)25-12-11-20(3)18-42(25)31/h11-15,18,21,23,27H,16-17,19-20H2,1-10H3;8-10,13-14,17,19-20,25H,11-12,15-16,18H2,1-7H3/t23-,27-;20-,25+/m10/s1. The van der Waals surface area contributed by atoms with Crippen LogP contribution in [0.3, 0.4) is 0 Å². The summed E-state index contributed by atoms with van der Waals surface area (Å²) in [6.45, 7) is 23.7. The topological polar surface area (TPSA) is 197 Å². The summed E-state index contributed by atoms with van der Waals surface area (Å²) in [7, 11) is 10.6. The highest BCUT2D eigenvalue weighted by atomic mass is 35.5. The number of amides is 3. The molecule has 10 heterocycles. The molecule has 6 aromatic heterocycles. The van der Waals surface area contributed by atoms with Crippen molar-refractivity contribution in [3.8, 4) is 45.4 Å². The van der Waals surface area contributed by atoms with E-state index >= 15 is 18.4 Å². The first-order chi connectivity index (χ1) is 46.9. The van der Waals surface area contributed by atoms with Gasteiger partial charge in [0.1, 0.15) is 52.2 Å². The Bertz CT molecular complexity index is 4650. The van der Waals surface area contributed by atoms with Crippen molar-refractivity contribution in [3.63, 3.8) is 0 Å². The molecule has 4 aliphatic heterocycles. The highest BCUT2D eigenvalue weighted by Crippen LogP contribution is 2.49. The van der Waals surface area contributed by atoms with Crippen molar-refractivity contribution in [2.45, 2.75) is 125 Å². The summed E-state index contributed by atoms with van der Waals surface area (Å²) in [6, 6.07) is 14.4. The molecule has 0 saturated carbocycles. The summed E-state index contributed by atoms with van der Waals surface area (Å²) in [4.78, 5) is 105. The number of rotatable bonds is 14. The molecule has 21 nitrogen and oxygen atoms in total. The maximum atomic E-state index is 15.7. The number of aryl methyl sites for hydroxylation is 2. The van der Waals surface area contributed by atoms with Crippen LogP contribution in [0, 0.1) is 31.4 Å². The van der Waals surface area contributed by atoms with Crippen LogP contribution in [0.2, 0.25) is 10.0 Å². The van der Waals surface area contributed by atoms with E-state index in [-0.39, 0.29) is 104 Å². The van der Waals surface area contributed by atoms with Crippen LogP contribution >= 0.6 is 23.2 Å². The Labute approximate surface area is 585 Å². The second-order valence-corrected chi connectivity index (χ2v) is 29.1. The number of carbonyl (C=O) groups excluding carboxylic acids is 3. The molecule has 8 aromatic rings. The molecule has 0 spiro atoms. The van der Waals surface area contributed by atoms with Gasteiger partial charge in [0, 0.05) is 68.5 Å². The zero-order valence-corrected chi connectivity index (χ0v) is 60.9. The van der Waals surface area contributed by atoms with Crippen LogP contribution in [0.5, 0.6) is 11.5 Å². The van der Waals surface area contributed by atoms with E-state index in [1.165, 1.54) is 41.9 Å². The summed E-state index contributed by atoms with van der Waals surface area (Å²) in [5, 5.41) is 1.41. The number of hydrogen-bond donors (Lipinski definition) is 0. The molecule has 99 heavy (non-hydrogen) atoms. The Morgan fingerprint density at radius 3 is 1.46 bits per heavy atom. The van der Waals surface area contributed by atoms with Crippen molar-refractivity contribution < 1.29 is 37.4 Å². The molecule has 2 aromatic carbocycles. The summed E-state index contributed by atoms with van der Waals surface area (Å²) in [5.41, 5.74) is 4.92. The van der Waals surface area contributed by atoms with Crippen LogP contribution in [-0.4, -0.2) is 174 Å². The van der Waals surface area contributed by atoms with Crippen LogP contribution < -0.4 is 40.2 Å². The third kappa shape index (κ3) is 13.1. The lowest BCUT2D eigenvalue weighted by molar-refractivity contribution is -0.122. The first kappa shape index (κ1) is 71.5. The molecule has 2 saturated heterocycles. The van der Waals surface area contributed by atoms with Gasteiger partial charge in [0.25, 0.3) is 17.0 Å². The number of halogens is 4. The summed E-state index contributed by atoms with van der Waals surface area (Å²) in [5.74, 6) is -0.885. The van der Waals surface area contributed by atoms with Gasteiger partial charge < -0.3 is 48.5 Å². The van der Waals surface area contributed by atoms with Crippen LogP contribution in [0.4, 0.5) is 36.3 Å². The molecular formula is C74H87Cl2F2N13O8. The van der Waals surface area contributed by atoms with E-state index in [0.717, 1.165) is 17.5 Å². The van der Waals surface area contributed by atoms with Crippen LogP contribution in [0.15, 0.2) is 82.6 Å². The smallest absolute Gasteiger partial charge is 0.410 e. The normalized spacial score (nSPS) is 17.7.